The van der Waals surface area contributed by atoms with E-state index < -0.39 is 9.84 Å². The van der Waals surface area contributed by atoms with Crippen molar-refractivity contribution in [2.45, 2.75) is 62.7 Å². The van der Waals surface area contributed by atoms with Gasteiger partial charge in [0.25, 0.3) is 5.56 Å². The molecule has 0 unspecified atom stereocenters. The summed E-state index contributed by atoms with van der Waals surface area (Å²) in [5.74, 6) is 0.230. The van der Waals surface area contributed by atoms with E-state index in [1.807, 2.05) is 19.9 Å². The molecule has 1 fully saturated rings. The van der Waals surface area contributed by atoms with Crippen molar-refractivity contribution < 1.29 is 8.42 Å². The van der Waals surface area contributed by atoms with Crippen molar-refractivity contribution in [1.82, 2.24) is 4.98 Å². The van der Waals surface area contributed by atoms with Crippen LogP contribution in [0.2, 0.25) is 0 Å². The minimum atomic E-state index is -3.93. The molecule has 0 amide bonds. The molecule has 1 aliphatic rings. The van der Waals surface area contributed by atoms with E-state index in [0.717, 1.165) is 12.8 Å². The zero-order valence-corrected chi connectivity index (χ0v) is 16.9. The number of benzene rings is 1. The summed E-state index contributed by atoms with van der Waals surface area (Å²) in [5.41, 5.74) is 2.27. The van der Waals surface area contributed by atoms with Crippen LogP contribution in [0.25, 0.3) is 0 Å². The van der Waals surface area contributed by atoms with Crippen LogP contribution in [-0.2, 0) is 16.3 Å². The van der Waals surface area contributed by atoms with Gasteiger partial charge in [0, 0.05) is 11.3 Å². The first-order chi connectivity index (χ1) is 12.6. The highest BCUT2D eigenvalue weighted by atomic mass is 32.2. The van der Waals surface area contributed by atoms with Crippen LogP contribution in [0.1, 0.15) is 60.6 Å². The molecule has 3 rings (SSSR count). The molecule has 0 bridgehead atoms. The molecule has 1 aromatic carbocycles. The van der Waals surface area contributed by atoms with Gasteiger partial charge in [0.2, 0.25) is 9.84 Å². The van der Waals surface area contributed by atoms with Gasteiger partial charge in [-0.05, 0) is 74.3 Å². The second-order valence-corrected chi connectivity index (χ2v) is 9.64. The molecule has 6 heteroatoms. The maximum Gasteiger partial charge on any atom is 0.252 e. The number of aromatic nitrogens is 1. The molecule has 2 aromatic rings. The molecule has 142 valence electrons. The predicted octanol–water partition coefficient (Wildman–Crippen LogP) is 3.77. The summed E-state index contributed by atoms with van der Waals surface area (Å²) >= 11 is 0. The Morgan fingerprint density at radius 3 is 2.44 bits per heavy atom. The Kier molecular flexibility index (Phi) is 5.00. The first-order valence-corrected chi connectivity index (χ1v) is 10.7. The van der Waals surface area contributed by atoms with Gasteiger partial charge in [-0.15, -0.1) is 0 Å². The highest BCUT2D eigenvalue weighted by Crippen LogP contribution is 2.38. The van der Waals surface area contributed by atoms with Gasteiger partial charge >= 0.3 is 0 Å². The van der Waals surface area contributed by atoms with Gasteiger partial charge in [0.15, 0.2) is 0 Å². The smallest absolute Gasteiger partial charge is 0.252 e. The number of sulfone groups is 1. The summed E-state index contributed by atoms with van der Waals surface area (Å²) in [5, 5.41) is 9.24. The Labute approximate surface area is 160 Å². The normalized spacial score (nSPS) is 14.4. The second kappa shape index (κ2) is 6.97. The highest BCUT2D eigenvalue weighted by molar-refractivity contribution is 7.91. The molecule has 0 saturated heterocycles. The van der Waals surface area contributed by atoms with Gasteiger partial charge in [0.1, 0.15) is 0 Å². The molecule has 0 radical (unpaired) electrons. The lowest BCUT2D eigenvalue weighted by atomic mass is 9.99. The first-order valence-electron chi connectivity index (χ1n) is 9.17. The molecule has 1 N–H and O–H groups in total. The largest absolute Gasteiger partial charge is 0.326 e. The molecular formula is C21H24N2O3S. The van der Waals surface area contributed by atoms with Crippen LogP contribution < -0.4 is 5.56 Å². The van der Waals surface area contributed by atoms with E-state index in [1.165, 1.54) is 6.07 Å². The van der Waals surface area contributed by atoms with Gasteiger partial charge < -0.3 is 4.98 Å². The number of aryl methyl sites for hydroxylation is 2. The topological polar surface area (TPSA) is 90.8 Å². The Morgan fingerprint density at radius 2 is 1.89 bits per heavy atom. The summed E-state index contributed by atoms with van der Waals surface area (Å²) in [6.45, 7) is 7.18. The van der Waals surface area contributed by atoms with Crippen LogP contribution in [0.3, 0.4) is 0 Å². The molecule has 1 aliphatic carbocycles. The lowest BCUT2D eigenvalue weighted by Crippen LogP contribution is -2.24. The lowest BCUT2D eigenvalue weighted by Gasteiger charge is -2.19. The van der Waals surface area contributed by atoms with E-state index >= 15 is 0 Å². The van der Waals surface area contributed by atoms with Crippen molar-refractivity contribution in [1.29, 1.82) is 5.26 Å². The number of H-pyrrole nitrogens is 1. The maximum absolute atomic E-state index is 13.6. The molecule has 1 saturated carbocycles. The summed E-state index contributed by atoms with van der Waals surface area (Å²) < 4.78 is 27.3. The zero-order valence-electron chi connectivity index (χ0n) is 16.1. The van der Waals surface area contributed by atoms with E-state index in [1.54, 1.807) is 26.0 Å². The van der Waals surface area contributed by atoms with Crippen molar-refractivity contribution >= 4 is 9.84 Å². The number of nitriles is 1. The van der Waals surface area contributed by atoms with Crippen LogP contribution in [0, 0.1) is 31.1 Å². The quantitative estimate of drug-likeness (QED) is 0.849. The van der Waals surface area contributed by atoms with Crippen LogP contribution in [-0.4, -0.2) is 13.4 Å². The van der Waals surface area contributed by atoms with E-state index in [2.05, 4.69) is 4.98 Å². The van der Waals surface area contributed by atoms with Crippen LogP contribution in [0.4, 0.5) is 0 Å². The number of pyridine rings is 1. The second-order valence-electron chi connectivity index (χ2n) is 7.75. The summed E-state index contributed by atoms with van der Waals surface area (Å²) in [6, 6.07) is 6.63. The van der Waals surface area contributed by atoms with Gasteiger partial charge in [0.05, 0.1) is 21.4 Å². The fraction of sp³-hybridized carbons (Fsp3) is 0.429. The third kappa shape index (κ3) is 3.70. The van der Waals surface area contributed by atoms with Gasteiger partial charge in [-0.25, -0.2) is 8.42 Å². The third-order valence-corrected chi connectivity index (χ3v) is 6.90. The highest BCUT2D eigenvalue weighted by Gasteiger charge is 2.33. The minimum Gasteiger partial charge on any atom is -0.326 e. The van der Waals surface area contributed by atoms with Crippen molar-refractivity contribution in [3.8, 4) is 6.07 Å². The molecule has 1 aromatic heterocycles. The van der Waals surface area contributed by atoms with Crippen molar-refractivity contribution in [3.05, 3.63) is 56.5 Å². The van der Waals surface area contributed by atoms with Crippen molar-refractivity contribution in [2.75, 3.05) is 0 Å². The molecule has 1 heterocycles. The monoisotopic (exact) mass is 384 g/mol. The minimum absolute atomic E-state index is 0.0722. The van der Waals surface area contributed by atoms with E-state index in [9.17, 15) is 18.5 Å². The van der Waals surface area contributed by atoms with Crippen LogP contribution in [0.5, 0.6) is 0 Å². The van der Waals surface area contributed by atoms with E-state index in [4.69, 9.17) is 0 Å². The van der Waals surface area contributed by atoms with Gasteiger partial charge in [-0.2, -0.15) is 5.26 Å². The van der Waals surface area contributed by atoms with Crippen LogP contribution in [0.15, 0.2) is 32.8 Å². The number of aromatic amines is 1. The molecule has 27 heavy (non-hydrogen) atoms. The fourth-order valence-corrected chi connectivity index (χ4v) is 5.56. The number of nitrogens with zero attached hydrogens (tertiary/aromatic N) is 1. The fourth-order valence-electron chi connectivity index (χ4n) is 3.52. The summed E-state index contributed by atoms with van der Waals surface area (Å²) in [7, 11) is -3.93. The zero-order chi connectivity index (χ0) is 19.9. The number of hydrogen-bond donors (Lipinski definition) is 1. The standard InChI is InChI=1S/C21H24N2O3S/c1-12(2)19-20(18(10-15-5-6-15)14(4)23-21(19)24)27(25,26)17-8-13(3)7-16(9-17)11-22/h7-9,12,15H,5-6,10H2,1-4H3,(H,23,24). The van der Waals surface area contributed by atoms with Gasteiger partial charge in [-0.3, -0.25) is 4.79 Å². The molecule has 0 atom stereocenters. The Bertz CT molecular complexity index is 1100. The lowest BCUT2D eigenvalue weighted by molar-refractivity contribution is 0.589. The molecule has 5 nitrogen and oxygen atoms in total. The maximum atomic E-state index is 13.6. The number of rotatable bonds is 5. The van der Waals surface area contributed by atoms with E-state index in [0.29, 0.717) is 40.3 Å². The summed E-state index contributed by atoms with van der Waals surface area (Å²) in [6.07, 6.45) is 2.81. The number of hydrogen-bond acceptors (Lipinski definition) is 4. The molecule has 0 aliphatic heterocycles. The summed E-state index contributed by atoms with van der Waals surface area (Å²) in [4.78, 5) is 15.7. The Hall–Kier alpha value is -2.39. The molecular weight excluding hydrogens is 360 g/mol. The first kappa shape index (κ1) is 19.4. The number of nitrogens with one attached hydrogen (secondary N) is 1. The van der Waals surface area contributed by atoms with Crippen LogP contribution >= 0.6 is 0 Å². The van der Waals surface area contributed by atoms with E-state index in [-0.39, 0.29) is 21.3 Å². The Balaban J connectivity index is 2.35. The third-order valence-electron chi connectivity index (χ3n) is 5.04. The SMILES string of the molecule is Cc1cc(C#N)cc(S(=O)(=O)c2c(CC3CC3)c(C)[nH]c(=O)c2C(C)C)c1. The average Bonchev–Trinajstić information content (AvgIpc) is 3.39. The van der Waals surface area contributed by atoms with Gasteiger partial charge in [-0.1, -0.05) is 13.8 Å². The Morgan fingerprint density at radius 1 is 1.22 bits per heavy atom. The predicted molar refractivity (Wildman–Crippen MR) is 104 cm³/mol. The molecule has 0 spiro atoms. The van der Waals surface area contributed by atoms with Crippen molar-refractivity contribution in [3.63, 3.8) is 0 Å². The average molecular weight is 385 g/mol. The van der Waals surface area contributed by atoms with Crippen molar-refractivity contribution in [2.24, 2.45) is 5.92 Å².